The average Bonchev–Trinajstić information content (AvgIpc) is 3.02. The summed E-state index contributed by atoms with van der Waals surface area (Å²) < 4.78 is 35.4. The van der Waals surface area contributed by atoms with Crippen LogP contribution in [0.4, 0.5) is 5.69 Å². The van der Waals surface area contributed by atoms with Crippen LogP contribution in [0.2, 0.25) is 0 Å². The van der Waals surface area contributed by atoms with Crippen LogP contribution in [0.5, 0.6) is 0 Å². The van der Waals surface area contributed by atoms with Gasteiger partial charge >= 0.3 is 0 Å². The van der Waals surface area contributed by atoms with Gasteiger partial charge in [0.15, 0.2) is 0 Å². The van der Waals surface area contributed by atoms with Crippen LogP contribution in [0.15, 0.2) is 47.5 Å². The number of sulfonamides is 1. The molecule has 3 rings (SSSR count). The second kappa shape index (κ2) is 5.73. The van der Waals surface area contributed by atoms with E-state index in [1.807, 2.05) is 13.0 Å². The molecule has 6 nitrogen and oxygen atoms in total. The number of aryl methyl sites for hydroxylation is 1. The van der Waals surface area contributed by atoms with Gasteiger partial charge in [0.25, 0.3) is 10.0 Å². The van der Waals surface area contributed by atoms with E-state index >= 15 is 0 Å². The molecule has 1 heterocycles. The fourth-order valence-electron chi connectivity index (χ4n) is 2.47. The molecule has 1 aromatic heterocycles. The minimum atomic E-state index is -3.99. The molecule has 118 valence electrons. The second-order valence-corrected chi connectivity index (χ2v) is 6.85. The molecule has 0 saturated carbocycles. The van der Waals surface area contributed by atoms with Crippen molar-refractivity contribution >= 4 is 26.6 Å². The molecule has 3 aromatic rings. The molecule has 7 heteroatoms. The minimum absolute atomic E-state index is 0.0693. The zero-order chi connectivity index (χ0) is 18.2. The largest absolute Gasteiger partial charge is 0.358 e. The lowest BCUT2D eigenvalue weighted by Crippen LogP contribution is -2.13. The Kier molecular flexibility index (Phi) is 3.42. The molecule has 0 aliphatic carbocycles. The van der Waals surface area contributed by atoms with Crippen molar-refractivity contribution in [1.29, 1.82) is 10.5 Å². The van der Waals surface area contributed by atoms with E-state index < -0.39 is 10.0 Å². The molecule has 0 bridgehead atoms. The summed E-state index contributed by atoms with van der Waals surface area (Å²) in [6.07, 6.45) is 1.52. The van der Waals surface area contributed by atoms with E-state index in [0.717, 1.165) is 5.56 Å². The van der Waals surface area contributed by atoms with Gasteiger partial charge in [0.05, 0.1) is 34.7 Å². The summed E-state index contributed by atoms with van der Waals surface area (Å²) in [5, 5.41) is 18.8. The topological polar surface area (TPSA) is 110 Å². The van der Waals surface area contributed by atoms with E-state index in [2.05, 4.69) is 15.8 Å². The van der Waals surface area contributed by atoms with Gasteiger partial charge in [-0.15, -0.1) is 0 Å². The number of fused-ring (bicyclic) bond motifs is 1. The maximum Gasteiger partial charge on any atom is 0.262 e. The number of rotatable bonds is 3. The number of nitrogens with one attached hydrogen (secondary N) is 2. The van der Waals surface area contributed by atoms with Gasteiger partial charge in [-0.1, -0.05) is 12.1 Å². The average molecular weight is 338 g/mol. The van der Waals surface area contributed by atoms with Crippen LogP contribution in [-0.2, 0) is 10.0 Å². The predicted molar refractivity (Wildman–Crippen MR) is 89.7 cm³/mol. The molecule has 0 spiro atoms. The highest BCUT2D eigenvalue weighted by Gasteiger charge is 2.18. The van der Waals surface area contributed by atoms with E-state index in [-0.39, 0.29) is 22.2 Å². The van der Waals surface area contributed by atoms with E-state index in [9.17, 15) is 13.7 Å². The summed E-state index contributed by atoms with van der Waals surface area (Å²) in [6.45, 7) is 1.83. The van der Waals surface area contributed by atoms with E-state index in [0.29, 0.717) is 16.5 Å². The number of nitriles is 2. The number of hydrogen-bond donors (Lipinski definition) is 2. The highest BCUT2D eigenvalue weighted by molar-refractivity contribution is 7.92. The summed E-state index contributed by atoms with van der Waals surface area (Å²) in [5.41, 5.74) is 2.15. The number of benzene rings is 2. The molecule has 0 fully saturated rings. The highest BCUT2D eigenvalue weighted by atomic mass is 32.2. The third kappa shape index (κ3) is 2.58. The van der Waals surface area contributed by atoms with Gasteiger partial charge in [0, 0.05) is 11.6 Å². The number of H-pyrrole nitrogens is 1. The van der Waals surface area contributed by atoms with Crippen molar-refractivity contribution < 1.29 is 9.79 Å². The van der Waals surface area contributed by atoms with Crippen LogP contribution in [0.25, 0.3) is 10.9 Å². The molecule has 0 radical (unpaired) electrons. The Morgan fingerprint density at radius 3 is 2.71 bits per heavy atom. The molecule has 0 aliphatic rings. The third-order valence-electron chi connectivity index (χ3n) is 3.61. The molecule has 0 amide bonds. The number of aromatic nitrogens is 1. The fraction of sp³-hybridized carbons (Fsp3) is 0.0588. The lowest BCUT2D eigenvalue weighted by molar-refractivity contribution is 0.601. The summed E-state index contributed by atoms with van der Waals surface area (Å²) in [7, 11) is -3.99. The normalized spacial score (nSPS) is 11.5. The maximum absolute atomic E-state index is 12.6. The molecule has 0 saturated heterocycles. The number of hydrogen-bond acceptors (Lipinski definition) is 4. The molecule has 2 N–H and O–H groups in total. The fourth-order valence-corrected chi connectivity index (χ4v) is 3.55. The van der Waals surface area contributed by atoms with Crippen molar-refractivity contribution in [2.24, 2.45) is 0 Å². The molecule has 24 heavy (non-hydrogen) atoms. The summed E-state index contributed by atoms with van der Waals surface area (Å²) >= 11 is 0. The first-order chi connectivity index (χ1) is 11.9. The lowest BCUT2D eigenvalue weighted by Gasteiger charge is -2.10. The Labute approximate surface area is 140 Å². The van der Waals surface area contributed by atoms with Crippen molar-refractivity contribution in [3.8, 4) is 12.1 Å². The first-order valence-electron chi connectivity index (χ1n) is 7.41. The summed E-state index contributed by atoms with van der Waals surface area (Å²) in [5.74, 6) is 0. The Balaban J connectivity index is 2.12. The van der Waals surface area contributed by atoms with Crippen molar-refractivity contribution in [1.82, 2.24) is 4.98 Å². The SMILES string of the molecule is [3H]c1cc(C#N)cc(S(=O)(=O)Nc2ccc(C)c3c(C#N)c[nH]c23)c1. The van der Waals surface area contributed by atoms with Gasteiger partial charge in [0.2, 0.25) is 0 Å². The van der Waals surface area contributed by atoms with Gasteiger partial charge in [-0.2, -0.15) is 10.5 Å². The van der Waals surface area contributed by atoms with Crippen LogP contribution in [0, 0.1) is 29.6 Å². The number of nitrogens with zero attached hydrogens (tertiary/aromatic N) is 2. The van der Waals surface area contributed by atoms with Crippen LogP contribution in [-0.4, -0.2) is 13.4 Å². The quantitative estimate of drug-likeness (QED) is 0.765. The molecule has 0 atom stereocenters. The van der Waals surface area contributed by atoms with E-state index in [1.165, 1.54) is 24.4 Å². The minimum Gasteiger partial charge on any atom is -0.358 e. The first-order valence-corrected chi connectivity index (χ1v) is 8.39. The summed E-state index contributed by atoms with van der Waals surface area (Å²) in [6, 6.07) is 10.8. The molecule has 0 unspecified atom stereocenters. The van der Waals surface area contributed by atoms with Gasteiger partial charge in [0.1, 0.15) is 6.07 Å². The van der Waals surface area contributed by atoms with Gasteiger partial charge in [-0.25, -0.2) is 8.42 Å². The van der Waals surface area contributed by atoms with Gasteiger partial charge in [-0.05, 0) is 36.8 Å². The third-order valence-corrected chi connectivity index (χ3v) is 4.96. The Hall–Kier alpha value is -3.29. The summed E-state index contributed by atoms with van der Waals surface area (Å²) in [4.78, 5) is 2.75. The predicted octanol–water partition coefficient (Wildman–Crippen LogP) is 3.02. The Morgan fingerprint density at radius 2 is 2.00 bits per heavy atom. The molecular formula is C17H12N4O2S. The molecule has 0 aliphatic heterocycles. The lowest BCUT2D eigenvalue weighted by atomic mass is 10.1. The zero-order valence-electron chi connectivity index (χ0n) is 13.6. The van der Waals surface area contributed by atoms with Gasteiger partial charge < -0.3 is 4.98 Å². The van der Waals surface area contributed by atoms with Crippen molar-refractivity contribution in [2.45, 2.75) is 11.8 Å². The maximum atomic E-state index is 12.6. The zero-order valence-corrected chi connectivity index (χ0v) is 13.4. The smallest absolute Gasteiger partial charge is 0.262 e. The van der Waals surface area contributed by atoms with Crippen molar-refractivity contribution in [2.75, 3.05) is 4.72 Å². The van der Waals surface area contributed by atoms with E-state index in [1.54, 1.807) is 12.1 Å². The second-order valence-electron chi connectivity index (χ2n) is 5.17. The van der Waals surface area contributed by atoms with E-state index in [4.69, 9.17) is 6.63 Å². The Bertz CT molecular complexity index is 1180. The Morgan fingerprint density at radius 1 is 1.21 bits per heavy atom. The number of aromatic amines is 1. The first kappa shape index (κ1) is 14.3. The standard InChI is InChI=1S/C17H12N4O2S/c1-11-5-6-15(17-16(11)13(9-19)10-20-17)21-24(22,23)14-4-2-3-12(7-14)8-18/h2-7,10,20-21H,1H3/i2T. The van der Waals surface area contributed by atoms with Gasteiger partial charge in [-0.3, -0.25) is 4.72 Å². The van der Waals surface area contributed by atoms with Crippen LogP contribution >= 0.6 is 0 Å². The van der Waals surface area contributed by atoms with Crippen molar-refractivity contribution in [3.05, 3.63) is 59.3 Å². The molecule has 2 aromatic carbocycles. The molecular weight excluding hydrogens is 324 g/mol. The van der Waals surface area contributed by atoms with Crippen LogP contribution in [0.1, 0.15) is 18.1 Å². The van der Waals surface area contributed by atoms with Crippen molar-refractivity contribution in [3.63, 3.8) is 0 Å². The number of anilines is 1. The monoisotopic (exact) mass is 338 g/mol. The van der Waals surface area contributed by atoms with Crippen LogP contribution < -0.4 is 4.72 Å². The van der Waals surface area contributed by atoms with Crippen LogP contribution in [0.3, 0.4) is 0 Å². The highest BCUT2D eigenvalue weighted by Crippen LogP contribution is 2.30.